The van der Waals surface area contributed by atoms with Crippen LogP contribution in [0.1, 0.15) is 49.9 Å². The Morgan fingerprint density at radius 3 is 2.38 bits per heavy atom. The number of carbonyl (C=O) groups excluding carboxylic acids is 2. The summed E-state index contributed by atoms with van der Waals surface area (Å²) in [5.41, 5.74) is 0.161. The van der Waals surface area contributed by atoms with Gasteiger partial charge in [0.15, 0.2) is 0 Å². The molecule has 2 saturated carbocycles. The second kappa shape index (κ2) is 6.91. The van der Waals surface area contributed by atoms with Crippen molar-refractivity contribution in [2.75, 3.05) is 5.32 Å². The molecule has 2 amide bonds. The van der Waals surface area contributed by atoms with Crippen LogP contribution >= 0.6 is 11.6 Å². The number of hydrogen-bond donors (Lipinski definition) is 3. The van der Waals surface area contributed by atoms with Crippen molar-refractivity contribution in [3.63, 3.8) is 0 Å². The van der Waals surface area contributed by atoms with Crippen LogP contribution in [-0.4, -0.2) is 28.9 Å². The van der Waals surface area contributed by atoms with Crippen LogP contribution in [0.2, 0.25) is 5.02 Å². The molecule has 3 rings (SSSR count). The summed E-state index contributed by atoms with van der Waals surface area (Å²) in [7, 11) is 0. The van der Waals surface area contributed by atoms with Crippen LogP contribution in [0.4, 0.5) is 5.69 Å². The van der Waals surface area contributed by atoms with Crippen molar-refractivity contribution < 1.29 is 19.5 Å². The van der Waals surface area contributed by atoms with Gasteiger partial charge in [-0.25, -0.2) is 0 Å². The minimum Gasteiger partial charge on any atom is -0.481 e. The highest BCUT2D eigenvalue weighted by Gasteiger charge is 2.65. The quantitative estimate of drug-likeness (QED) is 0.732. The predicted octanol–water partition coefficient (Wildman–Crippen LogP) is 3.31. The monoisotopic (exact) mass is 378 g/mol. The lowest BCUT2D eigenvalue weighted by Crippen LogP contribution is -2.32. The van der Waals surface area contributed by atoms with E-state index in [9.17, 15) is 19.5 Å². The van der Waals surface area contributed by atoms with E-state index in [2.05, 4.69) is 10.6 Å². The predicted molar refractivity (Wildman–Crippen MR) is 98.2 cm³/mol. The number of carboxylic acids is 1. The first-order chi connectivity index (χ1) is 12.2. The molecular weight excluding hydrogens is 356 g/mol. The molecule has 2 aliphatic carbocycles. The van der Waals surface area contributed by atoms with Gasteiger partial charge in [0.05, 0.1) is 22.4 Å². The Morgan fingerprint density at radius 1 is 1.15 bits per heavy atom. The maximum absolute atomic E-state index is 12.5. The Morgan fingerprint density at radius 2 is 1.81 bits per heavy atom. The van der Waals surface area contributed by atoms with Crippen LogP contribution in [-0.2, 0) is 9.59 Å². The SMILES string of the molecule is CC1(C)C(C(=O)O)C1C(=O)Nc1ccc(Cl)c(C(=O)NC2CCCC2)c1. The van der Waals surface area contributed by atoms with Gasteiger partial charge in [0.25, 0.3) is 5.91 Å². The zero-order chi connectivity index (χ0) is 19.1. The van der Waals surface area contributed by atoms with Gasteiger partial charge in [-0.2, -0.15) is 0 Å². The molecule has 3 N–H and O–H groups in total. The number of halogens is 1. The molecule has 2 fully saturated rings. The lowest BCUT2D eigenvalue weighted by Gasteiger charge is -2.14. The van der Waals surface area contributed by atoms with Crippen molar-refractivity contribution >= 4 is 35.1 Å². The Balaban J connectivity index is 1.70. The summed E-state index contributed by atoms with van der Waals surface area (Å²) in [6, 6.07) is 4.88. The molecule has 6 nitrogen and oxygen atoms in total. The Hall–Kier alpha value is -2.08. The van der Waals surface area contributed by atoms with Gasteiger partial charge in [-0.1, -0.05) is 38.3 Å². The zero-order valence-corrected chi connectivity index (χ0v) is 15.6. The average Bonchev–Trinajstić information content (AvgIpc) is 2.90. The van der Waals surface area contributed by atoms with Crippen LogP contribution < -0.4 is 10.6 Å². The molecule has 7 heteroatoms. The van der Waals surface area contributed by atoms with Gasteiger partial charge < -0.3 is 15.7 Å². The highest BCUT2D eigenvalue weighted by Crippen LogP contribution is 2.58. The minimum absolute atomic E-state index is 0.167. The first kappa shape index (κ1) is 18.7. The number of anilines is 1. The van der Waals surface area contributed by atoms with E-state index in [4.69, 9.17) is 11.6 Å². The van der Waals surface area contributed by atoms with E-state index in [-0.39, 0.29) is 17.9 Å². The van der Waals surface area contributed by atoms with E-state index < -0.39 is 23.2 Å². The average molecular weight is 379 g/mol. The van der Waals surface area contributed by atoms with Crippen molar-refractivity contribution in [1.29, 1.82) is 0 Å². The number of amides is 2. The first-order valence-corrected chi connectivity index (χ1v) is 9.23. The standard InChI is InChI=1S/C19H23ClN2O4/c1-19(2)14(15(19)18(25)26)17(24)22-11-7-8-13(20)12(9-11)16(23)21-10-5-3-4-6-10/h7-10,14-15H,3-6H2,1-2H3,(H,21,23)(H,22,24)(H,25,26). The highest BCUT2D eigenvalue weighted by atomic mass is 35.5. The molecule has 0 bridgehead atoms. The highest BCUT2D eigenvalue weighted by molar-refractivity contribution is 6.34. The Kier molecular flexibility index (Phi) is 4.97. The van der Waals surface area contributed by atoms with E-state index in [1.165, 1.54) is 6.07 Å². The topological polar surface area (TPSA) is 95.5 Å². The van der Waals surface area contributed by atoms with E-state index in [0.29, 0.717) is 16.3 Å². The lowest BCUT2D eigenvalue weighted by molar-refractivity contribution is -0.140. The zero-order valence-electron chi connectivity index (χ0n) is 14.8. The smallest absolute Gasteiger partial charge is 0.307 e. The van der Waals surface area contributed by atoms with Gasteiger partial charge in [0, 0.05) is 11.7 Å². The molecule has 2 atom stereocenters. The van der Waals surface area contributed by atoms with Gasteiger partial charge in [0.2, 0.25) is 5.91 Å². The molecule has 26 heavy (non-hydrogen) atoms. The van der Waals surface area contributed by atoms with Crippen LogP contribution in [0.25, 0.3) is 0 Å². The number of carbonyl (C=O) groups is 3. The Bertz CT molecular complexity index is 756. The second-order valence-electron chi connectivity index (χ2n) is 7.75. The maximum atomic E-state index is 12.5. The summed E-state index contributed by atoms with van der Waals surface area (Å²) in [4.78, 5) is 36.2. The van der Waals surface area contributed by atoms with E-state index in [1.807, 2.05) is 0 Å². The Labute approximate surface area is 157 Å². The minimum atomic E-state index is -0.970. The summed E-state index contributed by atoms with van der Waals surface area (Å²) in [6.45, 7) is 3.52. The molecule has 0 saturated heterocycles. The van der Waals surface area contributed by atoms with Crippen molar-refractivity contribution in [3.8, 4) is 0 Å². The van der Waals surface area contributed by atoms with Crippen LogP contribution in [0.15, 0.2) is 18.2 Å². The van der Waals surface area contributed by atoms with Crippen molar-refractivity contribution in [1.82, 2.24) is 5.32 Å². The van der Waals surface area contributed by atoms with E-state index in [1.54, 1.807) is 26.0 Å². The number of carboxylic acid groups (broad SMARTS) is 1. The molecule has 140 valence electrons. The number of aliphatic carboxylic acids is 1. The second-order valence-corrected chi connectivity index (χ2v) is 8.16. The lowest BCUT2D eigenvalue weighted by atomic mass is 10.1. The molecule has 0 spiro atoms. The van der Waals surface area contributed by atoms with Gasteiger partial charge in [-0.15, -0.1) is 0 Å². The number of rotatable bonds is 5. The third-order valence-corrected chi connectivity index (χ3v) is 5.87. The molecule has 2 unspecified atom stereocenters. The van der Waals surface area contributed by atoms with Gasteiger partial charge >= 0.3 is 5.97 Å². The van der Waals surface area contributed by atoms with Gasteiger partial charge in [-0.05, 0) is 36.5 Å². The van der Waals surface area contributed by atoms with Crippen molar-refractivity contribution in [2.45, 2.75) is 45.6 Å². The number of hydrogen-bond acceptors (Lipinski definition) is 3. The normalized spacial score (nSPS) is 24.1. The maximum Gasteiger partial charge on any atom is 0.307 e. The van der Waals surface area contributed by atoms with E-state index in [0.717, 1.165) is 25.7 Å². The molecule has 1 aromatic rings. The molecule has 2 aliphatic rings. The largest absolute Gasteiger partial charge is 0.481 e. The van der Waals surface area contributed by atoms with E-state index >= 15 is 0 Å². The molecular formula is C19H23ClN2O4. The molecule has 1 aromatic carbocycles. The van der Waals surface area contributed by atoms with Crippen LogP contribution in [0.3, 0.4) is 0 Å². The first-order valence-electron chi connectivity index (χ1n) is 8.86. The van der Waals surface area contributed by atoms with Crippen molar-refractivity contribution in [2.24, 2.45) is 17.3 Å². The number of nitrogens with one attached hydrogen (secondary N) is 2. The van der Waals surface area contributed by atoms with Crippen LogP contribution in [0.5, 0.6) is 0 Å². The third kappa shape index (κ3) is 3.56. The van der Waals surface area contributed by atoms with Gasteiger partial charge in [-0.3, -0.25) is 14.4 Å². The van der Waals surface area contributed by atoms with Gasteiger partial charge in [0.1, 0.15) is 0 Å². The summed E-state index contributed by atoms with van der Waals surface area (Å²) in [5, 5.41) is 15.2. The fourth-order valence-electron chi connectivity index (χ4n) is 3.92. The molecule has 0 radical (unpaired) electrons. The fraction of sp³-hybridized carbons (Fsp3) is 0.526. The van der Waals surface area contributed by atoms with Crippen LogP contribution in [0, 0.1) is 17.3 Å². The summed E-state index contributed by atoms with van der Waals surface area (Å²) in [6.07, 6.45) is 4.15. The summed E-state index contributed by atoms with van der Waals surface area (Å²) in [5.74, 6) is -2.87. The fourth-order valence-corrected chi connectivity index (χ4v) is 4.12. The summed E-state index contributed by atoms with van der Waals surface area (Å²) >= 11 is 6.15. The molecule has 0 aromatic heterocycles. The third-order valence-electron chi connectivity index (χ3n) is 5.54. The molecule has 0 heterocycles. The summed E-state index contributed by atoms with van der Waals surface area (Å²) < 4.78 is 0. The number of benzene rings is 1. The molecule has 0 aliphatic heterocycles. The van der Waals surface area contributed by atoms with Crippen molar-refractivity contribution in [3.05, 3.63) is 28.8 Å².